The Balaban J connectivity index is 1.76. The minimum atomic E-state index is -0.386. The van der Waals surface area contributed by atoms with Crippen LogP contribution < -0.4 is 10.2 Å². The molecule has 0 unspecified atom stereocenters. The van der Waals surface area contributed by atoms with Gasteiger partial charge in [-0.2, -0.15) is 0 Å². The van der Waals surface area contributed by atoms with Gasteiger partial charge in [0.25, 0.3) is 12.6 Å². The van der Waals surface area contributed by atoms with Crippen LogP contribution in [0.5, 0.6) is 0 Å². The van der Waals surface area contributed by atoms with Crippen molar-refractivity contribution in [2.45, 2.75) is 12.6 Å². The fourth-order valence-corrected chi connectivity index (χ4v) is 3.20. The van der Waals surface area contributed by atoms with E-state index in [0.29, 0.717) is 18.7 Å². The molecule has 0 saturated carbocycles. The first kappa shape index (κ1) is 15.8. The van der Waals surface area contributed by atoms with Gasteiger partial charge in [-0.3, -0.25) is 4.79 Å². The van der Waals surface area contributed by atoms with Gasteiger partial charge in [0, 0.05) is 56.5 Å². The van der Waals surface area contributed by atoms with E-state index in [0.717, 1.165) is 44.5 Å². The standard InChI is InChI=1S/C16H20BFN4O/c18-14-9-13(16(23)22-7-3-20-4-8-22)10-15(11-14)21-5-1-17(12-19)2-6-21/h9-11,20H,1-8H2. The number of hydrogen-bond acceptors (Lipinski definition) is 4. The number of rotatable bonds is 2. The third kappa shape index (κ3) is 3.65. The lowest BCUT2D eigenvalue weighted by molar-refractivity contribution is 0.0735. The Labute approximate surface area is 136 Å². The highest BCUT2D eigenvalue weighted by molar-refractivity contribution is 6.67. The first-order chi connectivity index (χ1) is 11.2. The maximum atomic E-state index is 14.0. The minimum absolute atomic E-state index is 0.0850. The van der Waals surface area contributed by atoms with E-state index in [2.05, 4.69) is 16.2 Å². The fraction of sp³-hybridized carbons (Fsp3) is 0.500. The van der Waals surface area contributed by atoms with Crippen molar-refractivity contribution in [2.75, 3.05) is 44.2 Å². The molecule has 1 aromatic rings. The Morgan fingerprint density at radius 1 is 1.17 bits per heavy atom. The highest BCUT2D eigenvalue weighted by Gasteiger charge is 2.24. The summed E-state index contributed by atoms with van der Waals surface area (Å²) in [5.74, 6) is 1.79. The first-order valence-corrected chi connectivity index (χ1v) is 8.12. The van der Waals surface area contributed by atoms with Crippen molar-refractivity contribution in [3.8, 4) is 5.97 Å². The number of hydrogen-bond donors (Lipinski definition) is 1. The number of anilines is 1. The van der Waals surface area contributed by atoms with Gasteiger partial charge in [-0.05, 0) is 30.8 Å². The van der Waals surface area contributed by atoms with Gasteiger partial charge in [-0.15, -0.1) is 0 Å². The Morgan fingerprint density at radius 2 is 1.87 bits per heavy atom. The van der Waals surface area contributed by atoms with Crippen molar-refractivity contribution in [1.29, 1.82) is 5.26 Å². The predicted octanol–water partition coefficient (Wildman–Crippen LogP) is 1.25. The predicted molar refractivity (Wildman–Crippen MR) is 88.4 cm³/mol. The lowest BCUT2D eigenvalue weighted by Gasteiger charge is -2.31. The van der Waals surface area contributed by atoms with Gasteiger partial charge in [0.2, 0.25) is 0 Å². The van der Waals surface area contributed by atoms with Crippen LogP contribution in [-0.4, -0.2) is 56.8 Å². The molecule has 2 fully saturated rings. The van der Waals surface area contributed by atoms with E-state index in [9.17, 15) is 9.18 Å². The summed E-state index contributed by atoms with van der Waals surface area (Å²) < 4.78 is 14.0. The van der Waals surface area contributed by atoms with Crippen molar-refractivity contribution in [2.24, 2.45) is 0 Å². The number of nitrogens with one attached hydrogen (secondary N) is 1. The highest BCUT2D eigenvalue weighted by atomic mass is 19.1. The van der Waals surface area contributed by atoms with Crippen molar-refractivity contribution in [3.63, 3.8) is 0 Å². The lowest BCUT2D eigenvalue weighted by Crippen LogP contribution is -2.46. The third-order valence-electron chi connectivity index (χ3n) is 4.58. The Bertz CT molecular complexity index is 619. The molecule has 0 spiro atoms. The molecule has 0 atom stereocenters. The monoisotopic (exact) mass is 314 g/mol. The molecule has 0 bridgehead atoms. The van der Waals surface area contributed by atoms with Crippen molar-refractivity contribution >= 4 is 18.3 Å². The molecule has 7 heteroatoms. The molecule has 1 N–H and O–H groups in total. The van der Waals surface area contributed by atoms with E-state index < -0.39 is 0 Å². The molecule has 2 saturated heterocycles. The summed E-state index contributed by atoms with van der Waals surface area (Å²) in [6.07, 6.45) is 1.57. The summed E-state index contributed by atoms with van der Waals surface area (Å²) in [5.41, 5.74) is 1.14. The van der Waals surface area contributed by atoms with Crippen LogP contribution in [0.15, 0.2) is 18.2 Å². The van der Waals surface area contributed by atoms with E-state index >= 15 is 0 Å². The van der Waals surface area contributed by atoms with Gasteiger partial charge in [0.15, 0.2) is 0 Å². The van der Waals surface area contributed by atoms with Crippen LogP contribution in [0.4, 0.5) is 10.1 Å². The zero-order valence-electron chi connectivity index (χ0n) is 13.1. The molecule has 0 aliphatic carbocycles. The van der Waals surface area contributed by atoms with Crippen LogP contribution in [0.2, 0.25) is 12.6 Å². The maximum absolute atomic E-state index is 14.0. The van der Waals surface area contributed by atoms with Crippen molar-refractivity contribution in [3.05, 3.63) is 29.6 Å². The van der Waals surface area contributed by atoms with Gasteiger partial charge in [-0.1, -0.05) is 0 Å². The molecule has 1 amide bonds. The molecule has 2 aliphatic rings. The Kier molecular flexibility index (Phi) is 4.82. The van der Waals surface area contributed by atoms with Gasteiger partial charge >= 0.3 is 0 Å². The quantitative estimate of drug-likeness (QED) is 0.835. The topological polar surface area (TPSA) is 59.4 Å². The second-order valence-corrected chi connectivity index (χ2v) is 6.13. The molecule has 23 heavy (non-hydrogen) atoms. The minimum Gasteiger partial charge on any atom is -0.373 e. The zero-order chi connectivity index (χ0) is 16.2. The van der Waals surface area contributed by atoms with Crippen LogP contribution in [0.25, 0.3) is 0 Å². The number of nitrogens with zero attached hydrogens (tertiary/aromatic N) is 3. The molecule has 0 aromatic heterocycles. The number of benzene rings is 1. The number of amides is 1. The van der Waals surface area contributed by atoms with Crippen molar-refractivity contribution in [1.82, 2.24) is 10.2 Å². The summed E-state index contributed by atoms with van der Waals surface area (Å²) >= 11 is 0. The lowest BCUT2D eigenvalue weighted by atomic mass is 9.45. The molecule has 0 radical (unpaired) electrons. The smallest absolute Gasteiger partial charge is 0.271 e. The first-order valence-electron chi connectivity index (χ1n) is 8.12. The summed E-state index contributed by atoms with van der Waals surface area (Å²) in [6.45, 7) is 4.38. The molecule has 3 rings (SSSR count). The number of nitriles is 1. The van der Waals surface area contributed by atoms with E-state index in [4.69, 9.17) is 5.26 Å². The van der Waals surface area contributed by atoms with Crippen molar-refractivity contribution < 1.29 is 9.18 Å². The summed E-state index contributed by atoms with van der Waals surface area (Å²) in [7, 11) is 0. The molecule has 2 aliphatic heterocycles. The SMILES string of the molecule is N#CB1CCN(c2cc(F)cc(C(=O)N3CCNCC3)c2)CC1. The average Bonchev–Trinajstić information content (AvgIpc) is 2.61. The number of piperazine rings is 1. The average molecular weight is 314 g/mol. The highest BCUT2D eigenvalue weighted by Crippen LogP contribution is 2.24. The molecular formula is C16H20BFN4O. The summed E-state index contributed by atoms with van der Waals surface area (Å²) in [6, 6.07) is 4.57. The summed E-state index contributed by atoms with van der Waals surface area (Å²) in [4.78, 5) is 16.4. The second kappa shape index (κ2) is 7.01. The maximum Gasteiger partial charge on any atom is 0.271 e. The van der Waals surface area contributed by atoms with Crippen LogP contribution >= 0.6 is 0 Å². The van der Waals surface area contributed by atoms with Gasteiger partial charge in [-0.25, -0.2) is 9.65 Å². The van der Waals surface area contributed by atoms with E-state index in [1.165, 1.54) is 12.1 Å². The Morgan fingerprint density at radius 3 is 2.52 bits per heavy atom. The fourth-order valence-electron chi connectivity index (χ4n) is 3.20. The third-order valence-corrected chi connectivity index (χ3v) is 4.58. The van der Waals surface area contributed by atoms with Gasteiger partial charge < -0.3 is 15.1 Å². The van der Waals surface area contributed by atoms with Gasteiger partial charge in [0.05, 0.1) is 0 Å². The van der Waals surface area contributed by atoms with Crippen LogP contribution in [0, 0.1) is 17.0 Å². The van der Waals surface area contributed by atoms with Crippen LogP contribution in [0.1, 0.15) is 10.4 Å². The number of carbonyl (C=O) groups excluding carboxylic acids is 1. The Hall–Kier alpha value is -2.07. The molecule has 120 valence electrons. The molecule has 1 aromatic carbocycles. The zero-order valence-corrected chi connectivity index (χ0v) is 13.1. The van der Waals surface area contributed by atoms with Crippen LogP contribution in [-0.2, 0) is 0 Å². The largest absolute Gasteiger partial charge is 0.373 e. The molecule has 5 nitrogen and oxygen atoms in total. The normalized spacial score (nSPS) is 18.7. The van der Waals surface area contributed by atoms with Gasteiger partial charge in [0.1, 0.15) is 5.82 Å². The second-order valence-electron chi connectivity index (χ2n) is 6.13. The van der Waals surface area contributed by atoms with E-state index in [-0.39, 0.29) is 18.4 Å². The van der Waals surface area contributed by atoms with E-state index in [1.807, 2.05) is 0 Å². The number of halogens is 1. The van der Waals surface area contributed by atoms with E-state index in [1.54, 1.807) is 11.0 Å². The number of carbonyl (C=O) groups is 1. The summed E-state index contributed by atoms with van der Waals surface area (Å²) in [5, 5.41) is 12.2. The molecular weight excluding hydrogens is 294 g/mol. The molecule has 2 heterocycles. The van der Waals surface area contributed by atoms with Crippen LogP contribution in [0.3, 0.4) is 0 Å².